The highest BCUT2D eigenvalue weighted by molar-refractivity contribution is 5.14. The van der Waals surface area contributed by atoms with E-state index in [2.05, 4.69) is 40.5 Å². The number of nitrogens with one attached hydrogen (secondary N) is 1. The highest BCUT2D eigenvalue weighted by atomic mass is 16.3. The fourth-order valence-corrected chi connectivity index (χ4v) is 3.55. The molecule has 3 heteroatoms. The summed E-state index contributed by atoms with van der Waals surface area (Å²) < 4.78 is 0. The molecule has 0 bridgehead atoms. The van der Waals surface area contributed by atoms with Gasteiger partial charge in [-0.1, -0.05) is 30.3 Å². The summed E-state index contributed by atoms with van der Waals surface area (Å²) in [5, 5.41) is 13.1. The lowest BCUT2D eigenvalue weighted by molar-refractivity contribution is 0.126. The lowest BCUT2D eigenvalue weighted by Crippen LogP contribution is -2.46. The molecule has 2 N–H and O–H groups in total. The van der Waals surface area contributed by atoms with Crippen molar-refractivity contribution in [3.8, 4) is 0 Å². The Balaban J connectivity index is 1.55. The van der Waals surface area contributed by atoms with Crippen LogP contribution in [0.25, 0.3) is 0 Å². The second-order valence-corrected chi connectivity index (χ2v) is 6.68. The van der Waals surface area contributed by atoms with Crippen LogP contribution in [-0.4, -0.2) is 41.8 Å². The van der Waals surface area contributed by atoms with Crippen molar-refractivity contribution in [1.29, 1.82) is 0 Å². The van der Waals surface area contributed by atoms with Gasteiger partial charge in [-0.25, -0.2) is 0 Å². The Morgan fingerprint density at radius 2 is 2.00 bits per heavy atom. The van der Waals surface area contributed by atoms with Crippen molar-refractivity contribution in [3.05, 3.63) is 35.9 Å². The highest BCUT2D eigenvalue weighted by Crippen LogP contribution is 2.27. The molecule has 2 fully saturated rings. The van der Waals surface area contributed by atoms with Gasteiger partial charge in [-0.05, 0) is 50.1 Å². The number of aliphatic hydroxyl groups is 1. The minimum Gasteiger partial charge on any atom is -0.396 e. The monoisotopic (exact) mass is 288 g/mol. The highest BCUT2D eigenvalue weighted by Gasteiger charge is 2.31. The molecule has 1 heterocycles. The molecular weight excluding hydrogens is 260 g/mol. The summed E-state index contributed by atoms with van der Waals surface area (Å²) in [5.41, 5.74) is 1.41. The van der Waals surface area contributed by atoms with E-state index in [0.717, 1.165) is 19.0 Å². The molecule has 2 unspecified atom stereocenters. The van der Waals surface area contributed by atoms with Gasteiger partial charge in [0.2, 0.25) is 0 Å². The Labute approximate surface area is 128 Å². The Bertz CT molecular complexity index is 418. The van der Waals surface area contributed by atoms with Gasteiger partial charge in [0.1, 0.15) is 0 Å². The molecule has 3 nitrogen and oxygen atoms in total. The van der Waals surface area contributed by atoms with Crippen LogP contribution in [0.1, 0.15) is 37.7 Å². The van der Waals surface area contributed by atoms with Crippen LogP contribution >= 0.6 is 0 Å². The Hall–Kier alpha value is -0.900. The van der Waals surface area contributed by atoms with E-state index in [1.165, 1.54) is 44.3 Å². The van der Waals surface area contributed by atoms with Crippen LogP contribution in [0.15, 0.2) is 30.3 Å². The normalized spacial score (nSPS) is 24.9. The number of rotatable bonds is 7. The van der Waals surface area contributed by atoms with Crippen LogP contribution < -0.4 is 5.32 Å². The predicted octanol–water partition coefficient (Wildman–Crippen LogP) is 2.40. The van der Waals surface area contributed by atoms with Gasteiger partial charge in [0.05, 0.1) is 0 Å². The first-order valence-electron chi connectivity index (χ1n) is 8.48. The summed E-state index contributed by atoms with van der Waals surface area (Å²) in [7, 11) is 0. The first kappa shape index (κ1) is 15.0. The summed E-state index contributed by atoms with van der Waals surface area (Å²) in [6, 6.07) is 12.0. The van der Waals surface area contributed by atoms with E-state index in [4.69, 9.17) is 0 Å². The zero-order valence-corrected chi connectivity index (χ0v) is 12.9. The number of hydrogen-bond donors (Lipinski definition) is 2. The molecule has 0 spiro atoms. The second kappa shape index (κ2) is 7.39. The zero-order chi connectivity index (χ0) is 14.5. The van der Waals surface area contributed by atoms with Crippen LogP contribution in [0, 0.1) is 5.92 Å². The van der Waals surface area contributed by atoms with Crippen molar-refractivity contribution in [3.63, 3.8) is 0 Å². The molecule has 1 saturated heterocycles. The molecule has 21 heavy (non-hydrogen) atoms. The first-order valence-corrected chi connectivity index (χ1v) is 8.48. The summed E-state index contributed by atoms with van der Waals surface area (Å²) in [4.78, 5) is 2.59. The molecule has 2 atom stereocenters. The van der Waals surface area contributed by atoms with Crippen LogP contribution in [0.5, 0.6) is 0 Å². The number of likely N-dealkylation sites (tertiary alicyclic amines) is 1. The van der Waals surface area contributed by atoms with Crippen LogP contribution in [0.3, 0.4) is 0 Å². The van der Waals surface area contributed by atoms with Gasteiger partial charge in [-0.3, -0.25) is 4.90 Å². The van der Waals surface area contributed by atoms with Crippen molar-refractivity contribution in [1.82, 2.24) is 10.2 Å². The number of hydrogen-bond acceptors (Lipinski definition) is 3. The smallest absolute Gasteiger partial charge is 0.0445 e. The molecule has 0 aromatic heterocycles. The minimum absolute atomic E-state index is 0.305. The van der Waals surface area contributed by atoms with Crippen molar-refractivity contribution in [2.24, 2.45) is 5.92 Å². The number of piperidine rings is 1. The van der Waals surface area contributed by atoms with E-state index in [1.54, 1.807) is 0 Å². The van der Waals surface area contributed by atoms with E-state index in [9.17, 15) is 5.11 Å². The largest absolute Gasteiger partial charge is 0.396 e. The molecule has 1 aromatic rings. The summed E-state index contributed by atoms with van der Waals surface area (Å²) in [5.74, 6) is 0.690. The number of nitrogens with zero attached hydrogens (tertiary/aromatic N) is 1. The fraction of sp³-hybridized carbons (Fsp3) is 0.667. The molecule has 2 aliphatic rings. The number of aliphatic hydroxyl groups excluding tert-OH is 1. The zero-order valence-electron chi connectivity index (χ0n) is 12.9. The van der Waals surface area contributed by atoms with Crippen molar-refractivity contribution >= 4 is 0 Å². The quantitative estimate of drug-likeness (QED) is 0.809. The molecule has 116 valence electrons. The molecule has 0 radical (unpaired) electrons. The maximum atomic E-state index is 9.35. The molecule has 1 aromatic carbocycles. The van der Waals surface area contributed by atoms with Crippen LogP contribution in [0.2, 0.25) is 0 Å². The Kier molecular flexibility index (Phi) is 5.28. The lowest BCUT2D eigenvalue weighted by atomic mass is 9.88. The maximum Gasteiger partial charge on any atom is 0.0445 e. The third kappa shape index (κ3) is 4.53. The molecule has 1 aliphatic heterocycles. The molecule has 3 rings (SSSR count). The van der Waals surface area contributed by atoms with Crippen LogP contribution in [0.4, 0.5) is 0 Å². The van der Waals surface area contributed by atoms with Gasteiger partial charge in [-0.2, -0.15) is 0 Å². The summed E-state index contributed by atoms with van der Waals surface area (Å²) in [6.07, 6.45) is 6.13. The summed E-state index contributed by atoms with van der Waals surface area (Å²) >= 11 is 0. The third-order valence-electron chi connectivity index (χ3n) is 4.83. The Morgan fingerprint density at radius 1 is 1.19 bits per heavy atom. The first-order chi connectivity index (χ1) is 10.3. The fourth-order valence-electron chi connectivity index (χ4n) is 3.55. The van der Waals surface area contributed by atoms with Gasteiger partial charge >= 0.3 is 0 Å². The van der Waals surface area contributed by atoms with Crippen molar-refractivity contribution in [2.45, 2.75) is 50.7 Å². The van der Waals surface area contributed by atoms with Crippen molar-refractivity contribution < 1.29 is 5.11 Å². The summed E-state index contributed by atoms with van der Waals surface area (Å²) in [6.45, 7) is 3.74. The topological polar surface area (TPSA) is 35.5 Å². The molecule has 1 aliphatic carbocycles. The standard InChI is InChI=1S/C18H28N2O/c21-12-10-18(19-17-8-9-17)16-7-4-11-20(14-16)13-15-5-2-1-3-6-15/h1-3,5-6,16-19,21H,4,7-14H2. The maximum absolute atomic E-state index is 9.35. The third-order valence-corrected chi connectivity index (χ3v) is 4.83. The molecule has 1 saturated carbocycles. The Morgan fingerprint density at radius 3 is 2.71 bits per heavy atom. The van der Waals surface area contributed by atoms with E-state index < -0.39 is 0 Å². The number of benzene rings is 1. The van der Waals surface area contributed by atoms with Gasteiger partial charge in [0, 0.05) is 31.8 Å². The predicted molar refractivity (Wildman–Crippen MR) is 86.1 cm³/mol. The van der Waals surface area contributed by atoms with Gasteiger partial charge < -0.3 is 10.4 Å². The lowest BCUT2D eigenvalue weighted by Gasteiger charge is -2.37. The van der Waals surface area contributed by atoms with Gasteiger partial charge in [-0.15, -0.1) is 0 Å². The second-order valence-electron chi connectivity index (χ2n) is 6.68. The van der Waals surface area contributed by atoms with Gasteiger partial charge in [0.25, 0.3) is 0 Å². The van der Waals surface area contributed by atoms with E-state index in [0.29, 0.717) is 18.6 Å². The van der Waals surface area contributed by atoms with Crippen molar-refractivity contribution in [2.75, 3.05) is 19.7 Å². The average Bonchev–Trinajstić information content (AvgIpc) is 3.32. The SMILES string of the molecule is OCCC(NC1CC1)C1CCCN(Cc2ccccc2)C1. The molecular formula is C18H28N2O. The van der Waals surface area contributed by atoms with E-state index >= 15 is 0 Å². The van der Waals surface area contributed by atoms with Gasteiger partial charge in [0.15, 0.2) is 0 Å². The van der Waals surface area contributed by atoms with Crippen LogP contribution in [-0.2, 0) is 6.54 Å². The van der Waals surface area contributed by atoms with E-state index in [1.807, 2.05) is 0 Å². The van der Waals surface area contributed by atoms with E-state index in [-0.39, 0.29) is 0 Å². The molecule has 0 amide bonds. The minimum atomic E-state index is 0.305. The average molecular weight is 288 g/mol.